The Kier molecular flexibility index (Phi) is 5.56. The molecule has 0 N–H and O–H groups in total. The van der Waals surface area contributed by atoms with Crippen molar-refractivity contribution in [1.82, 2.24) is 4.90 Å². The Labute approximate surface area is 170 Å². The van der Waals surface area contributed by atoms with Gasteiger partial charge in [-0.2, -0.15) is 0 Å². The van der Waals surface area contributed by atoms with Crippen LogP contribution in [0.15, 0.2) is 35.2 Å². The van der Waals surface area contributed by atoms with Gasteiger partial charge < -0.3 is 14.4 Å². The number of carbonyl (C=O) groups excluding carboxylic acids is 1. The molecule has 2 aliphatic rings. The summed E-state index contributed by atoms with van der Waals surface area (Å²) < 4.78 is 11.0. The highest BCUT2D eigenvalue weighted by Gasteiger charge is 2.26. The molecular formula is C23H27NO3S. The molecule has 4 nitrogen and oxygen atoms in total. The van der Waals surface area contributed by atoms with Crippen LogP contribution in [0.25, 0.3) is 5.57 Å². The van der Waals surface area contributed by atoms with Crippen LogP contribution in [-0.4, -0.2) is 37.1 Å². The molecule has 1 saturated heterocycles. The molecule has 28 heavy (non-hydrogen) atoms. The molecule has 0 unspecified atom stereocenters. The molecule has 0 amide bonds. The van der Waals surface area contributed by atoms with E-state index in [1.807, 2.05) is 12.1 Å². The van der Waals surface area contributed by atoms with Crippen LogP contribution in [0.3, 0.4) is 0 Å². The smallest absolute Gasteiger partial charge is 0.309 e. The molecule has 1 aromatic carbocycles. The maximum atomic E-state index is 11.8. The first-order chi connectivity index (χ1) is 13.6. The van der Waals surface area contributed by atoms with Crippen molar-refractivity contribution < 1.29 is 14.3 Å². The number of esters is 1. The number of piperidine rings is 1. The van der Waals surface area contributed by atoms with E-state index in [-0.39, 0.29) is 12.4 Å². The number of thiophene rings is 1. The number of hydrogen-bond donors (Lipinski definition) is 0. The van der Waals surface area contributed by atoms with E-state index >= 15 is 0 Å². The summed E-state index contributed by atoms with van der Waals surface area (Å²) in [6.45, 7) is 7.31. The van der Waals surface area contributed by atoms with Gasteiger partial charge in [-0.15, -0.1) is 11.3 Å². The third-order valence-corrected chi connectivity index (χ3v) is 6.71. The summed E-state index contributed by atoms with van der Waals surface area (Å²) >= 11 is 1.79. The van der Waals surface area contributed by atoms with Gasteiger partial charge in [0.1, 0.15) is 12.4 Å². The van der Waals surface area contributed by atoms with Crippen molar-refractivity contribution in [3.05, 3.63) is 56.8 Å². The monoisotopic (exact) mass is 397 g/mol. The molecule has 2 aromatic rings. The van der Waals surface area contributed by atoms with Crippen molar-refractivity contribution in [3.63, 3.8) is 0 Å². The Morgan fingerprint density at radius 3 is 2.75 bits per heavy atom. The van der Waals surface area contributed by atoms with Gasteiger partial charge in [0.05, 0.1) is 13.5 Å². The minimum absolute atomic E-state index is 0.217. The highest BCUT2D eigenvalue weighted by Crippen LogP contribution is 2.43. The normalized spacial score (nSPS) is 17.0. The zero-order valence-corrected chi connectivity index (χ0v) is 17.6. The summed E-state index contributed by atoms with van der Waals surface area (Å²) in [7, 11) is 1.43. The second kappa shape index (κ2) is 8.10. The van der Waals surface area contributed by atoms with Crippen molar-refractivity contribution in [2.24, 2.45) is 0 Å². The van der Waals surface area contributed by atoms with E-state index in [0.717, 1.165) is 42.8 Å². The van der Waals surface area contributed by atoms with Crippen molar-refractivity contribution in [2.75, 3.05) is 20.2 Å². The largest absolute Gasteiger partial charge is 0.488 e. The van der Waals surface area contributed by atoms with Gasteiger partial charge >= 0.3 is 5.97 Å². The Bertz CT molecular complexity index is 902. The van der Waals surface area contributed by atoms with Crippen molar-refractivity contribution in [1.29, 1.82) is 0 Å². The summed E-state index contributed by atoms with van der Waals surface area (Å²) in [6, 6.07) is 8.86. The van der Waals surface area contributed by atoms with Gasteiger partial charge in [0.15, 0.2) is 0 Å². The molecule has 0 atom stereocenters. The first-order valence-electron chi connectivity index (χ1n) is 9.92. The number of methoxy groups -OCH3 is 1. The summed E-state index contributed by atoms with van der Waals surface area (Å²) in [4.78, 5) is 15.7. The predicted molar refractivity (Wildman–Crippen MR) is 113 cm³/mol. The number of rotatable bonds is 3. The van der Waals surface area contributed by atoms with E-state index in [4.69, 9.17) is 9.47 Å². The highest BCUT2D eigenvalue weighted by atomic mass is 32.1. The maximum Gasteiger partial charge on any atom is 0.309 e. The van der Waals surface area contributed by atoms with E-state index in [1.54, 1.807) is 11.3 Å². The SMILES string of the molecule is COC(=O)Cc1ccc2c(c1)C(=C1CCN(C(C)C)CC1)c1sccc1CO2. The molecule has 148 valence electrons. The Morgan fingerprint density at radius 1 is 1.25 bits per heavy atom. The third kappa shape index (κ3) is 3.74. The maximum absolute atomic E-state index is 11.8. The van der Waals surface area contributed by atoms with Crippen LogP contribution in [-0.2, 0) is 22.6 Å². The van der Waals surface area contributed by atoms with Gasteiger partial charge in [0.2, 0.25) is 0 Å². The van der Waals surface area contributed by atoms with Gasteiger partial charge in [0, 0.05) is 40.7 Å². The molecule has 5 heteroatoms. The Balaban J connectivity index is 1.79. The standard InChI is InChI=1S/C23H27NO3S/c1-15(2)24-9-6-17(7-10-24)22-19-12-16(13-21(25)26-3)4-5-20(19)27-14-18-8-11-28-23(18)22/h4-5,8,11-12,15H,6-7,9-10,13-14H2,1-3H3. The predicted octanol–water partition coefficient (Wildman–Crippen LogP) is 4.66. The second-order valence-corrected chi connectivity index (χ2v) is 8.67. The van der Waals surface area contributed by atoms with Gasteiger partial charge in [-0.3, -0.25) is 4.79 Å². The number of nitrogens with zero attached hydrogens (tertiary/aromatic N) is 1. The number of ether oxygens (including phenoxy) is 2. The minimum Gasteiger partial charge on any atom is -0.488 e. The van der Waals surface area contributed by atoms with E-state index in [9.17, 15) is 4.79 Å². The Morgan fingerprint density at radius 2 is 2.04 bits per heavy atom. The first-order valence-corrected chi connectivity index (χ1v) is 10.8. The lowest BCUT2D eigenvalue weighted by atomic mass is 9.89. The first kappa shape index (κ1) is 19.2. The molecule has 0 spiro atoms. The fourth-order valence-corrected chi connectivity index (χ4v) is 5.12. The van der Waals surface area contributed by atoms with Gasteiger partial charge in [-0.1, -0.05) is 11.6 Å². The highest BCUT2D eigenvalue weighted by molar-refractivity contribution is 7.11. The molecule has 0 aliphatic carbocycles. The molecule has 1 fully saturated rings. The number of carbonyl (C=O) groups is 1. The van der Waals surface area contributed by atoms with Crippen molar-refractivity contribution in [2.45, 2.75) is 45.8 Å². The van der Waals surface area contributed by atoms with E-state index in [0.29, 0.717) is 12.6 Å². The Hall–Kier alpha value is -2.11. The van der Waals surface area contributed by atoms with Crippen LogP contribution >= 0.6 is 11.3 Å². The number of fused-ring (bicyclic) bond motifs is 2. The molecule has 4 rings (SSSR count). The lowest BCUT2D eigenvalue weighted by molar-refractivity contribution is -0.139. The third-order valence-electron chi connectivity index (χ3n) is 5.73. The molecular weight excluding hydrogens is 370 g/mol. The van der Waals surface area contributed by atoms with E-state index < -0.39 is 0 Å². The second-order valence-electron chi connectivity index (χ2n) is 7.76. The summed E-state index contributed by atoms with van der Waals surface area (Å²) in [5.41, 5.74) is 6.17. The van der Waals surface area contributed by atoms with Gasteiger partial charge in [-0.05, 0) is 55.8 Å². The molecule has 0 bridgehead atoms. The summed E-state index contributed by atoms with van der Waals surface area (Å²) in [5, 5.41) is 2.15. The van der Waals surface area contributed by atoms with Gasteiger partial charge in [0.25, 0.3) is 0 Å². The number of hydrogen-bond acceptors (Lipinski definition) is 5. The van der Waals surface area contributed by atoms with Crippen LogP contribution in [0.4, 0.5) is 0 Å². The van der Waals surface area contributed by atoms with Crippen LogP contribution in [0, 0.1) is 0 Å². The topological polar surface area (TPSA) is 38.8 Å². The van der Waals surface area contributed by atoms with Crippen LogP contribution in [0.2, 0.25) is 0 Å². The average molecular weight is 398 g/mol. The molecule has 3 heterocycles. The van der Waals surface area contributed by atoms with Crippen LogP contribution in [0.1, 0.15) is 48.3 Å². The molecule has 0 saturated carbocycles. The fourth-order valence-electron chi connectivity index (χ4n) is 4.11. The fraction of sp³-hybridized carbons (Fsp3) is 0.435. The quantitative estimate of drug-likeness (QED) is 0.706. The molecule has 2 aliphatic heterocycles. The van der Waals surface area contributed by atoms with Crippen LogP contribution < -0.4 is 4.74 Å². The van der Waals surface area contributed by atoms with Crippen LogP contribution in [0.5, 0.6) is 5.75 Å². The van der Waals surface area contributed by atoms with Crippen molar-refractivity contribution >= 4 is 22.9 Å². The van der Waals surface area contributed by atoms with Crippen molar-refractivity contribution in [3.8, 4) is 5.75 Å². The minimum atomic E-state index is -0.217. The van der Waals surface area contributed by atoms with E-state index in [1.165, 1.54) is 28.7 Å². The number of likely N-dealkylation sites (tertiary alicyclic amines) is 1. The lowest BCUT2D eigenvalue weighted by Crippen LogP contribution is -2.36. The average Bonchev–Trinajstić information content (AvgIpc) is 3.10. The lowest BCUT2D eigenvalue weighted by Gasteiger charge is -2.32. The number of benzene rings is 1. The molecule has 1 aromatic heterocycles. The zero-order chi connectivity index (χ0) is 19.7. The van der Waals surface area contributed by atoms with E-state index in [2.05, 4.69) is 36.3 Å². The molecule has 0 radical (unpaired) electrons. The van der Waals surface area contributed by atoms with Gasteiger partial charge in [-0.25, -0.2) is 0 Å². The summed E-state index contributed by atoms with van der Waals surface area (Å²) in [6.07, 6.45) is 2.43. The summed E-state index contributed by atoms with van der Waals surface area (Å²) in [5.74, 6) is 0.691. The zero-order valence-electron chi connectivity index (χ0n) is 16.8.